The van der Waals surface area contributed by atoms with E-state index in [9.17, 15) is 0 Å². The van der Waals surface area contributed by atoms with Crippen molar-refractivity contribution in [1.29, 1.82) is 0 Å². The highest BCUT2D eigenvalue weighted by Gasteiger charge is 2.19. The Morgan fingerprint density at radius 3 is 1.60 bits per heavy atom. The Kier molecular flexibility index (Phi) is 6.39. The highest BCUT2D eigenvalue weighted by atomic mass is 16.3. The van der Waals surface area contributed by atoms with Crippen molar-refractivity contribution in [2.75, 3.05) is 0 Å². The van der Waals surface area contributed by atoms with E-state index in [1.165, 1.54) is 38.4 Å². The third kappa shape index (κ3) is 4.28. The van der Waals surface area contributed by atoms with Gasteiger partial charge in [0.05, 0.1) is 5.56 Å². The van der Waals surface area contributed by atoms with Crippen LogP contribution in [0.3, 0.4) is 0 Å². The van der Waals surface area contributed by atoms with E-state index in [1.54, 1.807) is 0 Å². The average molecular weight is 535 g/mol. The first kappa shape index (κ1) is 26.2. The molecule has 0 saturated carbocycles. The summed E-state index contributed by atoms with van der Waals surface area (Å²) in [5.74, 6) is 1.85. The second-order valence-corrected chi connectivity index (χ2v) is 11.0. The molecule has 0 saturated heterocycles. The third-order valence-corrected chi connectivity index (χ3v) is 8.73. The van der Waals surface area contributed by atoms with Gasteiger partial charge in [-0.25, -0.2) is 15.0 Å². The van der Waals surface area contributed by atoms with Crippen LogP contribution in [-0.2, 0) is 0 Å². The van der Waals surface area contributed by atoms with Crippen LogP contribution in [0, 0.1) is 0 Å². The molecular weight excluding hydrogens is 508 g/mol. The summed E-state index contributed by atoms with van der Waals surface area (Å²) in [6, 6.07) is 32.8. The van der Waals surface area contributed by atoms with E-state index in [4.69, 9.17) is 19.4 Å². The van der Waals surface area contributed by atoms with Gasteiger partial charge in [-0.3, -0.25) is 0 Å². The number of fused-ring (bicyclic) bond motifs is 3. The van der Waals surface area contributed by atoms with E-state index in [-0.39, 0.29) is 0 Å². The molecule has 0 aliphatic heterocycles. The average Bonchev–Trinajstić information content (AvgIpc) is 3.42. The van der Waals surface area contributed by atoms with Crippen LogP contribution in [0.5, 0.6) is 0 Å². The van der Waals surface area contributed by atoms with Crippen LogP contribution < -0.4 is 27.3 Å². The van der Waals surface area contributed by atoms with Gasteiger partial charge in [0, 0.05) is 21.9 Å². The molecule has 0 spiro atoms. The first-order chi connectivity index (χ1) is 20.4. The molecule has 0 amide bonds. The summed E-state index contributed by atoms with van der Waals surface area (Å²) in [7, 11) is 11.1. The number of furan rings is 1. The molecule has 9 heteroatoms. The van der Waals surface area contributed by atoms with Crippen LogP contribution in [0.15, 0.2) is 101 Å². The van der Waals surface area contributed by atoms with Crippen molar-refractivity contribution < 1.29 is 4.42 Å². The van der Waals surface area contributed by atoms with Crippen molar-refractivity contribution in [3.05, 3.63) is 97.1 Å². The largest absolute Gasteiger partial charge is 0.455 e. The normalized spacial score (nSPS) is 11.3. The predicted octanol–water partition coefficient (Wildman–Crippen LogP) is -0.269. The van der Waals surface area contributed by atoms with Crippen LogP contribution in [0.2, 0.25) is 0 Å². The standard InChI is InChI=1S/C33H26B5N3O/c34-25-24(26(35)28(37)29(38)27(25)36)19-14-15-23-22(16-19)20-12-7-13-21(30(20)42-23)33-40-31(17-8-3-1-4-9-17)39-32(41-33)18-10-5-2-6-11-18/h1-16H,34-38H2. The Bertz CT molecular complexity index is 2060. The highest BCUT2D eigenvalue weighted by Crippen LogP contribution is 2.37. The van der Waals surface area contributed by atoms with Crippen molar-refractivity contribution in [3.8, 4) is 45.3 Å². The molecule has 5 aromatic carbocycles. The van der Waals surface area contributed by atoms with Gasteiger partial charge in [0.25, 0.3) is 0 Å². The lowest BCUT2D eigenvalue weighted by Crippen LogP contribution is -2.55. The van der Waals surface area contributed by atoms with Crippen molar-refractivity contribution in [2.24, 2.45) is 0 Å². The van der Waals surface area contributed by atoms with Gasteiger partial charge in [-0.15, -0.1) is 16.4 Å². The number of benzene rings is 5. The molecule has 7 aromatic rings. The molecule has 0 fully saturated rings. The highest BCUT2D eigenvalue weighted by molar-refractivity contribution is 6.68. The first-order valence-corrected chi connectivity index (χ1v) is 14.3. The smallest absolute Gasteiger partial charge is 0.167 e. The Hall–Kier alpha value is -4.77. The quantitative estimate of drug-likeness (QED) is 0.292. The fraction of sp³-hybridized carbons (Fsp3) is 0. The minimum Gasteiger partial charge on any atom is -0.455 e. The zero-order valence-corrected chi connectivity index (χ0v) is 24.5. The molecule has 0 atom stereocenters. The summed E-state index contributed by atoms with van der Waals surface area (Å²) in [5.41, 5.74) is 13.6. The van der Waals surface area contributed by atoms with Crippen molar-refractivity contribution in [3.63, 3.8) is 0 Å². The molecule has 0 aliphatic rings. The topological polar surface area (TPSA) is 51.8 Å². The number of para-hydroxylation sites is 1. The van der Waals surface area contributed by atoms with E-state index >= 15 is 0 Å². The van der Waals surface area contributed by atoms with Gasteiger partial charge in [0.15, 0.2) is 17.5 Å². The van der Waals surface area contributed by atoms with Crippen LogP contribution in [0.4, 0.5) is 0 Å². The zero-order chi connectivity index (χ0) is 29.0. The van der Waals surface area contributed by atoms with Gasteiger partial charge in [0.2, 0.25) is 0 Å². The predicted molar refractivity (Wildman–Crippen MR) is 190 cm³/mol. The van der Waals surface area contributed by atoms with Crippen molar-refractivity contribution >= 4 is 88.5 Å². The maximum Gasteiger partial charge on any atom is 0.167 e. The second-order valence-electron chi connectivity index (χ2n) is 11.0. The summed E-state index contributed by atoms with van der Waals surface area (Å²) in [5, 5.41) is 2.13. The molecule has 42 heavy (non-hydrogen) atoms. The molecule has 4 nitrogen and oxygen atoms in total. The first-order valence-electron chi connectivity index (χ1n) is 14.3. The molecule has 2 heterocycles. The SMILES string of the molecule is Bc1c(B)c(B)c(-c2ccc3oc4c(-c5nc(-c6ccccc6)nc(-c6ccccc6)n5)cccc4c3c2)c(B)c1B. The summed E-state index contributed by atoms with van der Waals surface area (Å²) in [6.07, 6.45) is 0. The monoisotopic (exact) mass is 535 g/mol. The van der Waals surface area contributed by atoms with Gasteiger partial charge in [-0.1, -0.05) is 89.8 Å². The molecule has 7 rings (SSSR count). The number of nitrogens with zero attached hydrogens (tertiary/aromatic N) is 3. The molecular formula is C33H26B5N3O. The zero-order valence-electron chi connectivity index (χ0n) is 24.5. The minimum absolute atomic E-state index is 0.587. The fourth-order valence-corrected chi connectivity index (χ4v) is 5.99. The summed E-state index contributed by atoms with van der Waals surface area (Å²) in [6.45, 7) is 0. The van der Waals surface area contributed by atoms with E-state index in [2.05, 4.69) is 69.6 Å². The lowest BCUT2D eigenvalue weighted by molar-refractivity contribution is 0.669. The Balaban J connectivity index is 1.44. The second kappa shape index (κ2) is 10.3. The molecule has 0 unspecified atom stereocenters. The van der Waals surface area contributed by atoms with E-state index in [1.807, 2.05) is 66.7 Å². The van der Waals surface area contributed by atoms with Crippen LogP contribution in [0.25, 0.3) is 67.2 Å². The van der Waals surface area contributed by atoms with E-state index in [0.29, 0.717) is 17.5 Å². The maximum atomic E-state index is 6.55. The summed E-state index contributed by atoms with van der Waals surface area (Å²) < 4.78 is 6.55. The van der Waals surface area contributed by atoms with Gasteiger partial charge >= 0.3 is 0 Å². The number of rotatable bonds is 4. The van der Waals surface area contributed by atoms with Crippen LogP contribution in [-0.4, -0.2) is 54.2 Å². The summed E-state index contributed by atoms with van der Waals surface area (Å²) >= 11 is 0. The van der Waals surface area contributed by atoms with Gasteiger partial charge in [-0.05, 0) is 29.3 Å². The van der Waals surface area contributed by atoms with Crippen molar-refractivity contribution in [1.82, 2.24) is 15.0 Å². The molecule has 2 aromatic heterocycles. The van der Waals surface area contributed by atoms with Gasteiger partial charge < -0.3 is 4.42 Å². The van der Waals surface area contributed by atoms with Crippen LogP contribution >= 0.6 is 0 Å². The summed E-state index contributed by atoms with van der Waals surface area (Å²) in [4.78, 5) is 14.8. The fourth-order valence-electron chi connectivity index (χ4n) is 5.99. The Morgan fingerprint density at radius 1 is 0.452 bits per heavy atom. The lowest BCUT2D eigenvalue weighted by Gasteiger charge is -2.20. The Morgan fingerprint density at radius 2 is 1.00 bits per heavy atom. The molecule has 194 valence electrons. The third-order valence-electron chi connectivity index (χ3n) is 8.73. The van der Waals surface area contributed by atoms with Crippen LogP contribution in [0.1, 0.15) is 0 Å². The molecule has 0 N–H and O–H groups in total. The van der Waals surface area contributed by atoms with Gasteiger partial charge in [0.1, 0.15) is 50.4 Å². The minimum atomic E-state index is 0.587. The molecule has 0 bridgehead atoms. The number of hydrogen-bond donors (Lipinski definition) is 0. The Labute approximate surface area is 249 Å². The van der Waals surface area contributed by atoms with Gasteiger partial charge in [-0.2, -0.15) is 0 Å². The van der Waals surface area contributed by atoms with E-state index in [0.717, 1.165) is 38.6 Å². The molecule has 0 radical (unpaired) electrons. The molecule has 0 aliphatic carbocycles. The lowest BCUT2D eigenvalue weighted by atomic mass is 9.59. The number of aromatic nitrogens is 3. The number of hydrogen-bond acceptors (Lipinski definition) is 4. The maximum absolute atomic E-state index is 6.55. The van der Waals surface area contributed by atoms with Crippen molar-refractivity contribution in [2.45, 2.75) is 0 Å². The van der Waals surface area contributed by atoms with E-state index < -0.39 is 0 Å².